The number of aliphatic hydroxyl groups excluding tert-OH is 1. The van der Waals surface area contributed by atoms with Crippen molar-refractivity contribution < 1.29 is 18.3 Å². The summed E-state index contributed by atoms with van der Waals surface area (Å²) in [6, 6.07) is 6.67. The zero-order chi connectivity index (χ0) is 13.0. The lowest BCUT2D eigenvalue weighted by Crippen LogP contribution is -2.40. The summed E-state index contributed by atoms with van der Waals surface area (Å²) in [4.78, 5) is 0.297. The van der Waals surface area contributed by atoms with Gasteiger partial charge in [0.15, 0.2) is 0 Å². The summed E-state index contributed by atoms with van der Waals surface area (Å²) < 4.78 is 31.1. The summed E-state index contributed by atoms with van der Waals surface area (Å²) in [5.74, 6) is 0. The fourth-order valence-electron chi connectivity index (χ4n) is 1.89. The van der Waals surface area contributed by atoms with Crippen LogP contribution >= 0.6 is 0 Å². The van der Waals surface area contributed by atoms with E-state index in [9.17, 15) is 8.42 Å². The van der Waals surface area contributed by atoms with Crippen molar-refractivity contribution in [1.82, 2.24) is 4.31 Å². The van der Waals surface area contributed by atoms with Crippen molar-refractivity contribution in [2.45, 2.75) is 11.3 Å². The van der Waals surface area contributed by atoms with Crippen LogP contribution < -0.4 is 0 Å². The Bertz CT molecular complexity index is 477. The molecule has 1 aliphatic heterocycles. The summed E-state index contributed by atoms with van der Waals surface area (Å²) in [5, 5.41) is 8.81. The molecule has 0 amide bonds. The molecule has 0 radical (unpaired) electrons. The molecule has 1 N–H and O–H groups in total. The highest BCUT2D eigenvalue weighted by atomic mass is 32.2. The number of benzene rings is 1. The van der Waals surface area contributed by atoms with Crippen molar-refractivity contribution in [2.24, 2.45) is 0 Å². The molecule has 6 heteroatoms. The van der Waals surface area contributed by atoms with Gasteiger partial charge in [-0.05, 0) is 24.1 Å². The number of nitrogens with zero attached hydrogens (tertiary/aromatic N) is 1. The third kappa shape index (κ3) is 2.89. The third-order valence-corrected chi connectivity index (χ3v) is 4.84. The first-order valence-corrected chi connectivity index (χ1v) is 7.36. The van der Waals surface area contributed by atoms with E-state index in [1.54, 1.807) is 24.3 Å². The standard InChI is InChI=1S/C12H17NO4S/c14-8-5-11-1-3-12(4-2-11)18(15,16)13-6-9-17-10-7-13/h1-4,14H,5-10H2. The molecule has 1 aromatic carbocycles. The molecule has 0 aliphatic carbocycles. The van der Waals surface area contributed by atoms with Gasteiger partial charge < -0.3 is 9.84 Å². The lowest BCUT2D eigenvalue weighted by molar-refractivity contribution is 0.0730. The molecule has 1 aromatic rings. The minimum absolute atomic E-state index is 0.0650. The molecule has 0 unspecified atom stereocenters. The zero-order valence-electron chi connectivity index (χ0n) is 10.1. The summed E-state index contributed by atoms with van der Waals surface area (Å²) >= 11 is 0. The Morgan fingerprint density at radius 1 is 1.17 bits per heavy atom. The van der Waals surface area contributed by atoms with Gasteiger partial charge in [0.2, 0.25) is 10.0 Å². The Hall–Kier alpha value is -0.950. The van der Waals surface area contributed by atoms with Crippen LogP contribution in [-0.4, -0.2) is 50.7 Å². The van der Waals surface area contributed by atoms with Gasteiger partial charge in [-0.25, -0.2) is 8.42 Å². The zero-order valence-corrected chi connectivity index (χ0v) is 10.9. The number of morpholine rings is 1. The van der Waals surface area contributed by atoms with Gasteiger partial charge in [0.25, 0.3) is 0 Å². The maximum atomic E-state index is 12.3. The normalized spacial score (nSPS) is 17.8. The predicted octanol–water partition coefficient (Wildman–Crippen LogP) is 0.242. The first-order valence-electron chi connectivity index (χ1n) is 5.92. The van der Waals surface area contributed by atoms with Crippen molar-refractivity contribution >= 4 is 10.0 Å². The third-order valence-electron chi connectivity index (χ3n) is 2.93. The van der Waals surface area contributed by atoms with E-state index in [2.05, 4.69) is 0 Å². The van der Waals surface area contributed by atoms with Gasteiger partial charge in [0.05, 0.1) is 18.1 Å². The second-order valence-electron chi connectivity index (χ2n) is 4.13. The SMILES string of the molecule is O=S(=O)(c1ccc(CCO)cc1)N1CCOCC1. The highest BCUT2D eigenvalue weighted by Gasteiger charge is 2.25. The summed E-state index contributed by atoms with van der Waals surface area (Å²) in [6.07, 6.45) is 0.540. The fourth-order valence-corrected chi connectivity index (χ4v) is 3.30. The molecule has 0 atom stereocenters. The second-order valence-corrected chi connectivity index (χ2v) is 6.07. The lowest BCUT2D eigenvalue weighted by Gasteiger charge is -2.26. The molecule has 1 aliphatic rings. The molecule has 18 heavy (non-hydrogen) atoms. The minimum atomic E-state index is -3.40. The van der Waals surface area contributed by atoms with Gasteiger partial charge in [-0.15, -0.1) is 0 Å². The second kappa shape index (κ2) is 5.79. The minimum Gasteiger partial charge on any atom is -0.396 e. The molecule has 1 fully saturated rings. The molecule has 2 rings (SSSR count). The first-order chi connectivity index (χ1) is 8.64. The fraction of sp³-hybridized carbons (Fsp3) is 0.500. The molecular weight excluding hydrogens is 254 g/mol. The first kappa shape index (κ1) is 13.5. The molecule has 5 nitrogen and oxygen atoms in total. The van der Waals surface area contributed by atoms with Crippen LogP contribution in [-0.2, 0) is 21.2 Å². The predicted molar refractivity (Wildman–Crippen MR) is 66.8 cm³/mol. The van der Waals surface area contributed by atoms with Gasteiger partial charge in [0.1, 0.15) is 0 Å². The average Bonchev–Trinajstić information content (AvgIpc) is 2.41. The molecule has 0 bridgehead atoms. The Labute approximate surface area is 107 Å². The molecule has 0 spiro atoms. The van der Waals surface area contributed by atoms with E-state index >= 15 is 0 Å². The molecule has 1 heterocycles. The lowest BCUT2D eigenvalue weighted by atomic mass is 10.2. The van der Waals surface area contributed by atoms with Gasteiger partial charge in [-0.3, -0.25) is 0 Å². The largest absolute Gasteiger partial charge is 0.396 e. The highest BCUT2D eigenvalue weighted by molar-refractivity contribution is 7.89. The number of hydrogen-bond donors (Lipinski definition) is 1. The molecule has 0 saturated carbocycles. The van der Waals surface area contributed by atoms with Crippen LogP contribution in [0.5, 0.6) is 0 Å². The van der Waals surface area contributed by atoms with Gasteiger partial charge >= 0.3 is 0 Å². The van der Waals surface area contributed by atoms with E-state index in [0.29, 0.717) is 37.6 Å². The smallest absolute Gasteiger partial charge is 0.243 e. The van der Waals surface area contributed by atoms with Gasteiger partial charge in [-0.1, -0.05) is 12.1 Å². The number of hydrogen-bond acceptors (Lipinski definition) is 4. The Kier molecular flexibility index (Phi) is 4.34. The quantitative estimate of drug-likeness (QED) is 0.852. The highest BCUT2D eigenvalue weighted by Crippen LogP contribution is 2.17. The number of rotatable bonds is 4. The van der Waals surface area contributed by atoms with Crippen molar-refractivity contribution in [2.75, 3.05) is 32.9 Å². The summed E-state index contributed by atoms with van der Waals surface area (Å²) in [7, 11) is -3.40. The molecule has 100 valence electrons. The average molecular weight is 271 g/mol. The summed E-state index contributed by atoms with van der Waals surface area (Å²) in [5.41, 5.74) is 0.929. The molecular formula is C12H17NO4S. The van der Waals surface area contributed by atoms with Crippen LogP contribution in [0.4, 0.5) is 0 Å². The van der Waals surface area contributed by atoms with E-state index in [1.807, 2.05) is 0 Å². The van der Waals surface area contributed by atoms with Crippen LogP contribution in [0.2, 0.25) is 0 Å². The van der Waals surface area contributed by atoms with E-state index < -0.39 is 10.0 Å². The van der Waals surface area contributed by atoms with Crippen molar-refractivity contribution in [1.29, 1.82) is 0 Å². The monoisotopic (exact) mass is 271 g/mol. The number of sulfonamides is 1. The molecule has 0 aromatic heterocycles. The Morgan fingerprint density at radius 3 is 2.33 bits per heavy atom. The van der Waals surface area contributed by atoms with E-state index in [4.69, 9.17) is 9.84 Å². The molecule has 1 saturated heterocycles. The Balaban J connectivity index is 2.18. The van der Waals surface area contributed by atoms with Crippen LogP contribution in [0.1, 0.15) is 5.56 Å². The van der Waals surface area contributed by atoms with Crippen LogP contribution in [0, 0.1) is 0 Å². The van der Waals surface area contributed by atoms with E-state index in [0.717, 1.165) is 5.56 Å². The van der Waals surface area contributed by atoms with Crippen molar-refractivity contribution in [3.63, 3.8) is 0 Å². The number of aliphatic hydroxyl groups is 1. The maximum absolute atomic E-state index is 12.3. The van der Waals surface area contributed by atoms with Crippen molar-refractivity contribution in [3.05, 3.63) is 29.8 Å². The van der Waals surface area contributed by atoms with Crippen molar-refractivity contribution in [3.8, 4) is 0 Å². The van der Waals surface area contributed by atoms with Gasteiger partial charge in [0, 0.05) is 19.7 Å². The summed E-state index contributed by atoms with van der Waals surface area (Å²) in [6.45, 7) is 1.76. The van der Waals surface area contributed by atoms with Gasteiger partial charge in [-0.2, -0.15) is 4.31 Å². The van der Waals surface area contributed by atoms with Crippen LogP contribution in [0.3, 0.4) is 0 Å². The van der Waals surface area contributed by atoms with E-state index in [-0.39, 0.29) is 6.61 Å². The number of ether oxygens (including phenoxy) is 1. The van der Waals surface area contributed by atoms with Crippen LogP contribution in [0.15, 0.2) is 29.2 Å². The van der Waals surface area contributed by atoms with Crippen LogP contribution in [0.25, 0.3) is 0 Å². The maximum Gasteiger partial charge on any atom is 0.243 e. The van der Waals surface area contributed by atoms with E-state index in [1.165, 1.54) is 4.31 Å². The topological polar surface area (TPSA) is 66.8 Å². The Morgan fingerprint density at radius 2 is 1.78 bits per heavy atom.